The van der Waals surface area contributed by atoms with Crippen molar-refractivity contribution in [1.29, 1.82) is 0 Å². The van der Waals surface area contributed by atoms with Gasteiger partial charge in [-0.05, 0) is 24.5 Å². The van der Waals surface area contributed by atoms with Crippen LogP contribution in [0.25, 0.3) is 0 Å². The highest BCUT2D eigenvalue weighted by molar-refractivity contribution is 6.31. The third-order valence-electron chi connectivity index (χ3n) is 2.51. The molecule has 0 saturated heterocycles. The van der Waals surface area contributed by atoms with Crippen LogP contribution < -0.4 is 0 Å². The Morgan fingerprint density at radius 2 is 2.08 bits per heavy atom. The number of halogens is 1. The number of benzene rings is 1. The molecule has 0 radical (unpaired) electrons. The minimum Gasteiger partial charge on any atom is -0.390 e. The SMILES string of the molecule is O[C@@H]1CCc2cccc(Cl)c2[C@@H]1O. The van der Waals surface area contributed by atoms with Gasteiger partial charge in [-0.3, -0.25) is 0 Å². The van der Waals surface area contributed by atoms with E-state index in [1.54, 1.807) is 6.07 Å². The molecule has 1 aliphatic rings. The number of aryl methyl sites for hydroxylation is 1. The van der Waals surface area contributed by atoms with Crippen LogP contribution in [0.15, 0.2) is 18.2 Å². The largest absolute Gasteiger partial charge is 0.390 e. The van der Waals surface area contributed by atoms with Crippen LogP contribution in [0.3, 0.4) is 0 Å². The quantitative estimate of drug-likeness (QED) is 0.666. The molecule has 1 aromatic rings. The summed E-state index contributed by atoms with van der Waals surface area (Å²) in [5.41, 5.74) is 1.74. The third-order valence-corrected chi connectivity index (χ3v) is 2.84. The van der Waals surface area contributed by atoms with Crippen LogP contribution in [-0.2, 0) is 6.42 Å². The van der Waals surface area contributed by atoms with Crippen molar-refractivity contribution in [3.63, 3.8) is 0 Å². The Morgan fingerprint density at radius 3 is 2.85 bits per heavy atom. The maximum Gasteiger partial charge on any atom is 0.107 e. The molecule has 0 spiro atoms. The summed E-state index contributed by atoms with van der Waals surface area (Å²) in [5.74, 6) is 0. The number of hydrogen-bond donors (Lipinski definition) is 2. The van der Waals surface area contributed by atoms with Crippen LogP contribution in [-0.4, -0.2) is 16.3 Å². The summed E-state index contributed by atoms with van der Waals surface area (Å²) in [5, 5.41) is 19.7. The van der Waals surface area contributed by atoms with Crippen molar-refractivity contribution in [2.24, 2.45) is 0 Å². The van der Waals surface area contributed by atoms with Crippen molar-refractivity contribution in [1.82, 2.24) is 0 Å². The molecule has 0 saturated carbocycles. The molecular weight excluding hydrogens is 188 g/mol. The third kappa shape index (κ3) is 1.46. The van der Waals surface area contributed by atoms with Gasteiger partial charge < -0.3 is 10.2 Å². The van der Waals surface area contributed by atoms with Gasteiger partial charge >= 0.3 is 0 Å². The van der Waals surface area contributed by atoms with Crippen LogP contribution in [0.1, 0.15) is 23.7 Å². The van der Waals surface area contributed by atoms with E-state index in [2.05, 4.69) is 0 Å². The summed E-state index contributed by atoms with van der Waals surface area (Å²) in [6.45, 7) is 0. The fourth-order valence-corrected chi connectivity index (χ4v) is 2.09. The minimum atomic E-state index is -0.822. The molecule has 0 heterocycles. The standard InChI is InChI=1S/C10H11ClO2/c11-7-3-1-2-6-4-5-8(12)10(13)9(6)7/h1-3,8,10,12-13H,4-5H2/t8-,10-/m1/s1. The van der Waals surface area contributed by atoms with Gasteiger partial charge in [0.15, 0.2) is 0 Å². The summed E-state index contributed by atoms with van der Waals surface area (Å²) in [6.07, 6.45) is -0.104. The van der Waals surface area contributed by atoms with E-state index in [0.717, 1.165) is 12.0 Å². The maximum atomic E-state index is 9.68. The normalized spacial score (nSPS) is 27.0. The summed E-state index contributed by atoms with van der Waals surface area (Å²) < 4.78 is 0. The molecule has 1 aliphatic carbocycles. The predicted molar refractivity (Wildman–Crippen MR) is 50.7 cm³/mol. The lowest BCUT2D eigenvalue weighted by Gasteiger charge is -2.27. The van der Waals surface area contributed by atoms with E-state index in [1.165, 1.54) is 0 Å². The Bertz CT molecular complexity index is 325. The zero-order valence-corrected chi connectivity index (χ0v) is 7.83. The highest BCUT2D eigenvalue weighted by atomic mass is 35.5. The second-order valence-corrected chi connectivity index (χ2v) is 3.77. The molecule has 70 valence electrons. The first-order valence-electron chi connectivity index (χ1n) is 4.33. The molecule has 0 amide bonds. The first kappa shape index (κ1) is 9.00. The van der Waals surface area contributed by atoms with Crippen LogP contribution in [0.2, 0.25) is 5.02 Å². The molecule has 2 N–H and O–H groups in total. The lowest BCUT2D eigenvalue weighted by molar-refractivity contribution is 0.00656. The van der Waals surface area contributed by atoms with Gasteiger partial charge in [0.05, 0.1) is 6.10 Å². The van der Waals surface area contributed by atoms with E-state index >= 15 is 0 Å². The van der Waals surface area contributed by atoms with Crippen molar-refractivity contribution in [3.05, 3.63) is 34.3 Å². The highest BCUT2D eigenvalue weighted by Gasteiger charge is 2.27. The topological polar surface area (TPSA) is 40.5 Å². The van der Waals surface area contributed by atoms with Crippen molar-refractivity contribution in [3.8, 4) is 0 Å². The number of fused-ring (bicyclic) bond motifs is 1. The molecule has 0 fully saturated rings. The van der Waals surface area contributed by atoms with Crippen molar-refractivity contribution in [2.75, 3.05) is 0 Å². The van der Waals surface area contributed by atoms with Crippen LogP contribution in [0.5, 0.6) is 0 Å². The highest BCUT2D eigenvalue weighted by Crippen LogP contribution is 2.34. The summed E-state index contributed by atoms with van der Waals surface area (Å²) in [7, 11) is 0. The summed E-state index contributed by atoms with van der Waals surface area (Å²) in [6, 6.07) is 5.55. The van der Waals surface area contributed by atoms with Gasteiger partial charge in [-0.1, -0.05) is 23.7 Å². The molecule has 2 atom stereocenters. The zero-order valence-electron chi connectivity index (χ0n) is 7.07. The molecule has 2 rings (SSSR count). The van der Waals surface area contributed by atoms with Crippen molar-refractivity contribution in [2.45, 2.75) is 25.0 Å². The molecule has 0 unspecified atom stereocenters. The number of hydrogen-bond acceptors (Lipinski definition) is 2. The van der Waals surface area contributed by atoms with E-state index in [9.17, 15) is 10.2 Å². The molecule has 13 heavy (non-hydrogen) atoms. The Kier molecular flexibility index (Phi) is 2.28. The average Bonchev–Trinajstić information content (AvgIpc) is 2.12. The second-order valence-electron chi connectivity index (χ2n) is 3.36. The predicted octanol–water partition coefficient (Wildman–Crippen LogP) is 1.68. The van der Waals surface area contributed by atoms with Gasteiger partial charge in [-0.2, -0.15) is 0 Å². The lowest BCUT2D eigenvalue weighted by Crippen LogP contribution is -2.25. The Labute approximate surface area is 81.8 Å². The first-order chi connectivity index (χ1) is 6.20. The molecule has 3 heteroatoms. The van der Waals surface area contributed by atoms with Crippen molar-refractivity contribution >= 4 is 11.6 Å². The molecule has 1 aromatic carbocycles. The smallest absolute Gasteiger partial charge is 0.107 e. The van der Waals surface area contributed by atoms with Crippen LogP contribution in [0.4, 0.5) is 0 Å². The fourth-order valence-electron chi connectivity index (χ4n) is 1.78. The lowest BCUT2D eigenvalue weighted by atomic mass is 9.87. The Balaban J connectivity index is 2.51. The van der Waals surface area contributed by atoms with Crippen molar-refractivity contribution < 1.29 is 10.2 Å². The number of aliphatic hydroxyl groups is 2. The van der Waals surface area contributed by atoms with Crippen LogP contribution in [0, 0.1) is 0 Å². The molecule has 0 aromatic heterocycles. The van der Waals surface area contributed by atoms with E-state index in [4.69, 9.17) is 11.6 Å². The fraction of sp³-hybridized carbons (Fsp3) is 0.400. The maximum absolute atomic E-state index is 9.68. The minimum absolute atomic E-state index is 0.545. The van der Waals surface area contributed by atoms with E-state index in [-0.39, 0.29) is 0 Å². The second kappa shape index (κ2) is 3.29. The van der Waals surface area contributed by atoms with Gasteiger partial charge in [-0.15, -0.1) is 0 Å². The van der Waals surface area contributed by atoms with E-state index in [0.29, 0.717) is 17.0 Å². The van der Waals surface area contributed by atoms with Gasteiger partial charge in [0.25, 0.3) is 0 Å². The van der Waals surface area contributed by atoms with Gasteiger partial charge in [0.2, 0.25) is 0 Å². The van der Waals surface area contributed by atoms with Gasteiger partial charge in [0.1, 0.15) is 6.10 Å². The summed E-state index contributed by atoms with van der Waals surface area (Å²) in [4.78, 5) is 0. The number of aliphatic hydroxyl groups excluding tert-OH is 2. The number of rotatable bonds is 0. The molecule has 2 nitrogen and oxygen atoms in total. The average molecular weight is 199 g/mol. The van der Waals surface area contributed by atoms with Gasteiger partial charge in [0, 0.05) is 10.6 Å². The molecule has 0 bridgehead atoms. The van der Waals surface area contributed by atoms with E-state index < -0.39 is 12.2 Å². The van der Waals surface area contributed by atoms with Gasteiger partial charge in [-0.25, -0.2) is 0 Å². The zero-order chi connectivity index (χ0) is 9.42. The first-order valence-corrected chi connectivity index (χ1v) is 4.71. The monoisotopic (exact) mass is 198 g/mol. The Morgan fingerprint density at radius 1 is 1.31 bits per heavy atom. The molecule has 0 aliphatic heterocycles. The molecular formula is C10H11ClO2. The van der Waals surface area contributed by atoms with E-state index in [1.807, 2.05) is 12.1 Å². The van der Waals surface area contributed by atoms with Crippen LogP contribution >= 0.6 is 11.6 Å². The Hall–Kier alpha value is -0.570. The summed E-state index contributed by atoms with van der Waals surface area (Å²) >= 11 is 5.93.